The largest absolute Gasteiger partial charge is 0.436 e. The average molecular weight is 320 g/mol. The zero-order chi connectivity index (χ0) is 15.7. The maximum absolute atomic E-state index is 12.5. The number of nitrogens with zero attached hydrogens (tertiary/aromatic N) is 2. The molecule has 3 heterocycles. The number of ether oxygens (including phenoxy) is 2. The molecule has 1 aromatic rings. The smallest absolute Gasteiger partial charge is 0.350 e. The minimum atomic E-state index is -4.63. The number of hydrogen-bond donors (Lipinski definition) is 0. The Labute approximate surface area is 124 Å². The van der Waals surface area contributed by atoms with Crippen LogP contribution in [0.2, 0.25) is 0 Å². The first-order valence-electron chi connectivity index (χ1n) is 7.01. The molecule has 9 heteroatoms. The van der Waals surface area contributed by atoms with Crippen molar-refractivity contribution in [2.75, 3.05) is 26.3 Å². The van der Waals surface area contributed by atoms with Gasteiger partial charge in [-0.2, -0.15) is 13.2 Å². The van der Waals surface area contributed by atoms with E-state index in [1.54, 1.807) is 0 Å². The Hall–Kier alpha value is -1.61. The van der Waals surface area contributed by atoms with Crippen LogP contribution in [0.5, 0.6) is 0 Å². The molecular weight excluding hydrogens is 305 g/mol. The summed E-state index contributed by atoms with van der Waals surface area (Å²) < 4.78 is 52.9. The average Bonchev–Trinajstić information content (AvgIpc) is 3.17. The molecule has 0 bridgehead atoms. The van der Waals surface area contributed by atoms with Crippen LogP contribution in [0.25, 0.3) is 0 Å². The maximum Gasteiger partial charge on any atom is 0.436 e. The lowest BCUT2D eigenvalue weighted by Gasteiger charge is -2.34. The summed E-state index contributed by atoms with van der Waals surface area (Å²) in [6, 6.07) is 0.633. The number of likely N-dealkylation sites (tertiary alicyclic amines) is 1. The van der Waals surface area contributed by atoms with E-state index in [0.29, 0.717) is 32.4 Å². The Kier molecular flexibility index (Phi) is 4.09. The molecule has 1 aromatic heterocycles. The third kappa shape index (κ3) is 3.09. The molecule has 1 atom stereocenters. The van der Waals surface area contributed by atoms with Crippen LogP contribution in [0.4, 0.5) is 13.2 Å². The fraction of sp³-hybridized carbons (Fsp3) is 0.692. The van der Waals surface area contributed by atoms with E-state index in [1.165, 1.54) is 4.90 Å². The van der Waals surface area contributed by atoms with Crippen LogP contribution < -0.4 is 0 Å². The topological polar surface area (TPSA) is 64.8 Å². The zero-order valence-corrected chi connectivity index (χ0v) is 11.6. The van der Waals surface area contributed by atoms with Crippen LogP contribution in [-0.2, 0) is 15.7 Å². The molecule has 0 saturated carbocycles. The number of carbonyl (C=O) groups excluding carboxylic acids is 1. The summed E-state index contributed by atoms with van der Waals surface area (Å²) in [5.41, 5.74) is -1.20. The van der Waals surface area contributed by atoms with E-state index in [4.69, 9.17) is 9.47 Å². The summed E-state index contributed by atoms with van der Waals surface area (Å²) in [6.07, 6.45) is -3.40. The van der Waals surface area contributed by atoms with Crippen molar-refractivity contribution in [3.63, 3.8) is 0 Å². The van der Waals surface area contributed by atoms with Crippen LogP contribution in [0.15, 0.2) is 10.6 Å². The molecule has 6 nitrogen and oxygen atoms in total. The zero-order valence-electron chi connectivity index (χ0n) is 11.6. The SMILES string of the molecule is O=C(c1cc(C(F)(F)F)no1)N1CCCC(C2OCCO2)C1. The number of aromatic nitrogens is 1. The summed E-state index contributed by atoms with van der Waals surface area (Å²) in [5.74, 6) is -0.975. The third-order valence-electron chi connectivity index (χ3n) is 3.79. The molecule has 2 saturated heterocycles. The van der Waals surface area contributed by atoms with Crippen LogP contribution in [0.3, 0.4) is 0 Å². The Bertz CT molecular complexity index is 540. The van der Waals surface area contributed by atoms with Crippen LogP contribution in [0.1, 0.15) is 29.1 Å². The Balaban J connectivity index is 1.67. The van der Waals surface area contributed by atoms with E-state index in [0.717, 1.165) is 12.8 Å². The second-order valence-electron chi connectivity index (χ2n) is 5.34. The first-order chi connectivity index (χ1) is 10.4. The van der Waals surface area contributed by atoms with Gasteiger partial charge < -0.3 is 18.9 Å². The second kappa shape index (κ2) is 5.88. The van der Waals surface area contributed by atoms with Crippen molar-refractivity contribution in [3.05, 3.63) is 17.5 Å². The van der Waals surface area contributed by atoms with Gasteiger partial charge in [0, 0.05) is 25.1 Å². The van der Waals surface area contributed by atoms with E-state index >= 15 is 0 Å². The predicted molar refractivity (Wildman–Crippen MR) is 65.8 cm³/mol. The van der Waals surface area contributed by atoms with Gasteiger partial charge in [-0.1, -0.05) is 5.16 Å². The van der Waals surface area contributed by atoms with Gasteiger partial charge >= 0.3 is 6.18 Å². The van der Waals surface area contributed by atoms with Crippen LogP contribution in [-0.4, -0.2) is 48.6 Å². The summed E-state index contributed by atoms with van der Waals surface area (Å²) >= 11 is 0. The number of hydrogen-bond acceptors (Lipinski definition) is 5. The van der Waals surface area contributed by atoms with Crippen molar-refractivity contribution in [1.29, 1.82) is 0 Å². The highest BCUT2D eigenvalue weighted by Gasteiger charge is 2.38. The van der Waals surface area contributed by atoms with Gasteiger partial charge in [-0.15, -0.1) is 0 Å². The van der Waals surface area contributed by atoms with Gasteiger partial charge in [0.25, 0.3) is 5.91 Å². The molecule has 0 spiro atoms. The highest BCUT2D eigenvalue weighted by Crippen LogP contribution is 2.30. The number of rotatable bonds is 2. The lowest BCUT2D eigenvalue weighted by Crippen LogP contribution is -2.43. The normalized spacial score (nSPS) is 24.0. The van der Waals surface area contributed by atoms with E-state index in [-0.39, 0.29) is 12.2 Å². The van der Waals surface area contributed by atoms with Crippen molar-refractivity contribution in [2.24, 2.45) is 5.92 Å². The molecule has 0 aromatic carbocycles. The van der Waals surface area contributed by atoms with E-state index in [9.17, 15) is 18.0 Å². The molecule has 1 unspecified atom stereocenters. The monoisotopic (exact) mass is 320 g/mol. The number of carbonyl (C=O) groups is 1. The van der Waals surface area contributed by atoms with Gasteiger partial charge in [0.2, 0.25) is 5.76 Å². The first kappa shape index (κ1) is 15.3. The standard InChI is InChI=1S/C13H15F3N2O4/c14-13(15,16)10-6-9(22-17-10)11(19)18-3-1-2-8(7-18)12-20-4-5-21-12/h6,8,12H,1-5,7H2. The quantitative estimate of drug-likeness (QED) is 0.833. The van der Waals surface area contributed by atoms with Gasteiger partial charge in [0.1, 0.15) is 0 Å². The van der Waals surface area contributed by atoms with Gasteiger partial charge in [-0.05, 0) is 12.8 Å². The Morgan fingerprint density at radius 2 is 2.05 bits per heavy atom. The maximum atomic E-state index is 12.5. The molecule has 2 fully saturated rings. The van der Waals surface area contributed by atoms with Crippen molar-refractivity contribution in [2.45, 2.75) is 25.3 Å². The number of piperidine rings is 1. The van der Waals surface area contributed by atoms with Crippen LogP contribution in [0, 0.1) is 5.92 Å². The molecule has 0 N–H and O–H groups in total. The molecular formula is C13H15F3N2O4. The van der Waals surface area contributed by atoms with Crippen molar-refractivity contribution in [3.8, 4) is 0 Å². The van der Waals surface area contributed by atoms with Gasteiger partial charge in [-0.3, -0.25) is 4.79 Å². The fourth-order valence-corrected chi connectivity index (χ4v) is 2.73. The van der Waals surface area contributed by atoms with Crippen LogP contribution >= 0.6 is 0 Å². The molecule has 122 valence electrons. The van der Waals surface area contributed by atoms with Crippen molar-refractivity contribution < 1.29 is 32.0 Å². The van der Waals surface area contributed by atoms with Crippen molar-refractivity contribution >= 4 is 5.91 Å². The summed E-state index contributed by atoms with van der Waals surface area (Å²) in [6.45, 7) is 1.87. The molecule has 22 heavy (non-hydrogen) atoms. The summed E-state index contributed by atoms with van der Waals surface area (Å²) in [4.78, 5) is 13.7. The highest BCUT2D eigenvalue weighted by molar-refractivity contribution is 5.91. The molecule has 2 aliphatic rings. The Morgan fingerprint density at radius 1 is 1.32 bits per heavy atom. The predicted octanol–water partition coefficient (Wildman–Crippen LogP) is 1.92. The number of alkyl halides is 3. The van der Waals surface area contributed by atoms with Gasteiger partial charge in [-0.25, -0.2) is 0 Å². The number of halogens is 3. The lowest BCUT2D eigenvalue weighted by atomic mass is 9.97. The molecule has 1 amide bonds. The van der Waals surface area contributed by atoms with E-state index in [1.807, 2.05) is 0 Å². The number of amides is 1. The summed E-state index contributed by atoms with van der Waals surface area (Å²) in [7, 11) is 0. The minimum Gasteiger partial charge on any atom is -0.350 e. The second-order valence-corrected chi connectivity index (χ2v) is 5.34. The molecule has 0 aliphatic carbocycles. The van der Waals surface area contributed by atoms with Gasteiger partial charge in [0.05, 0.1) is 13.2 Å². The Morgan fingerprint density at radius 3 is 2.68 bits per heavy atom. The molecule has 0 radical (unpaired) electrons. The lowest BCUT2D eigenvalue weighted by molar-refractivity contribution is -0.142. The highest BCUT2D eigenvalue weighted by atomic mass is 19.4. The van der Waals surface area contributed by atoms with E-state index < -0.39 is 23.5 Å². The summed E-state index contributed by atoms with van der Waals surface area (Å²) in [5, 5.41) is 2.90. The van der Waals surface area contributed by atoms with E-state index in [2.05, 4.69) is 9.68 Å². The minimum absolute atomic E-state index is 0.0187. The fourth-order valence-electron chi connectivity index (χ4n) is 2.73. The molecule has 3 rings (SSSR count). The van der Waals surface area contributed by atoms with Crippen molar-refractivity contribution in [1.82, 2.24) is 10.1 Å². The first-order valence-corrected chi connectivity index (χ1v) is 7.01. The molecule has 2 aliphatic heterocycles. The third-order valence-corrected chi connectivity index (χ3v) is 3.79. The van der Waals surface area contributed by atoms with Gasteiger partial charge in [0.15, 0.2) is 12.0 Å².